The molecule has 0 amide bonds. The average molecular weight is 771 g/mol. The van der Waals surface area contributed by atoms with Crippen LogP contribution < -0.4 is 9.81 Å². The number of fused-ring (bicyclic) bond motifs is 5. The normalized spacial score (nSPS) is 14.7. The molecule has 0 saturated heterocycles. The molecule has 0 fully saturated rings. The second-order valence-electron chi connectivity index (χ2n) is 16.7. The molecule has 0 spiro atoms. The summed E-state index contributed by atoms with van der Waals surface area (Å²) in [7, 11) is 0. The third-order valence-electron chi connectivity index (χ3n) is 11.8. The molecule has 0 N–H and O–H groups in total. The Morgan fingerprint density at radius 2 is 1.12 bits per heavy atom. The van der Waals surface area contributed by atoms with Crippen molar-refractivity contribution >= 4 is 58.8 Å². The van der Waals surface area contributed by atoms with Crippen LogP contribution in [0.15, 0.2) is 125 Å². The fourth-order valence-electron chi connectivity index (χ4n) is 8.96. The minimum atomic E-state index is -5.29. The monoisotopic (exact) mass is 768 g/mol. The maximum atomic E-state index is 7.04. The van der Waals surface area contributed by atoms with E-state index in [2.05, 4.69) is 163 Å². The van der Waals surface area contributed by atoms with Crippen LogP contribution in [-0.4, -0.2) is 4.21 Å². The fraction of sp³-hybridized carbons (Fsp3) is 0.213. The second kappa shape index (κ2) is 11.6. The molecule has 0 bridgehead atoms. The summed E-state index contributed by atoms with van der Waals surface area (Å²) >= 11 is 8.79. The van der Waals surface area contributed by atoms with Gasteiger partial charge in [-0.05, 0) is 0 Å². The first-order valence-electron chi connectivity index (χ1n) is 17.8. The van der Waals surface area contributed by atoms with E-state index in [1.54, 1.807) is 0 Å². The molecule has 0 heterocycles. The van der Waals surface area contributed by atoms with Gasteiger partial charge in [0, 0.05) is 0 Å². The standard InChI is InChI=1S/C21H25.2C10H6Cl.C5H5.CH2.Zr/c1-20(2,3)16-9-7-14-11-15-8-10-17(21(4,5)6)13-19(15)18(14)12-16;2*11-10-7-3-5-8-4-1-2-6-9(8)10;1-2-4-5-3-1;;/h7,9-10,12-13H,11H2,1-6H3;2*1-4,6-7H;1-3H,4H2;1H2;. The molecular formula is C47H44Cl2Zr. The van der Waals surface area contributed by atoms with Crippen LogP contribution in [0.2, 0.25) is 10.0 Å². The summed E-state index contributed by atoms with van der Waals surface area (Å²) in [5.74, 6) is 0. The molecule has 6 aromatic rings. The molecule has 3 heteroatoms. The quantitative estimate of drug-likeness (QED) is 0.167. The molecule has 0 nitrogen and oxygen atoms in total. The van der Waals surface area contributed by atoms with Gasteiger partial charge in [0.1, 0.15) is 0 Å². The van der Waals surface area contributed by atoms with E-state index in [1.807, 2.05) is 0 Å². The maximum absolute atomic E-state index is 7.04. The molecule has 50 heavy (non-hydrogen) atoms. The van der Waals surface area contributed by atoms with Gasteiger partial charge >= 0.3 is 310 Å². The topological polar surface area (TPSA) is 0 Å². The van der Waals surface area contributed by atoms with E-state index in [0.717, 1.165) is 33.7 Å². The van der Waals surface area contributed by atoms with Crippen molar-refractivity contribution in [2.75, 3.05) is 0 Å². The predicted octanol–water partition coefficient (Wildman–Crippen LogP) is 11.7. The van der Waals surface area contributed by atoms with Crippen molar-refractivity contribution in [1.29, 1.82) is 0 Å². The van der Waals surface area contributed by atoms with Gasteiger partial charge in [-0.2, -0.15) is 0 Å². The number of halogens is 2. The van der Waals surface area contributed by atoms with E-state index < -0.39 is 18.3 Å². The van der Waals surface area contributed by atoms with Gasteiger partial charge in [-0.3, -0.25) is 0 Å². The first kappa shape index (κ1) is 33.8. The van der Waals surface area contributed by atoms with Gasteiger partial charge in [0.25, 0.3) is 0 Å². The van der Waals surface area contributed by atoms with Crippen molar-refractivity contribution in [3.05, 3.63) is 157 Å². The van der Waals surface area contributed by atoms with Crippen LogP contribution in [-0.2, 0) is 35.5 Å². The molecule has 2 aliphatic carbocycles. The van der Waals surface area contributed by atoms with E-state index in [-0.39, 0.29) is 10.8 Å². The third kappa shape index (κ3) is 4.84. The van der Waals surface area contributed by atoms with E-state index >= 15 is 0 Å². The number of hydrogen-bond donors (Lipinski definition) is 0. The van der Waals surface area contributed by atoms with Gasteiger partial charge in [0.2, 0.25) is 0 Å². The van der Waals surface area contributed by atoms with Crippen molar-refractivity contribution < 1.29 is 18.3 Å². The zero-order chi connectivity index (χ0) is 35.2. The Kier molecular flexibility index (Phi) is 7.82. The summed E-state index contributed by atoms with van der Waals surface area (Å²) < 4.78 is 11.4. The molecule has 0 aromatic heterocycles. The molecule has 2 aliphatic rings. The van der Waals surface area contributed by atoms with Gasteiger partial charge < -0.3 is 0 Å². The molecule has 6 aromatic carbocycles. The number of allylic oxidation sites excluding steroid dienone is 4. The van der Waals surface area contributed by atoms with Crippen molar-refractivity contribution in [2.24, 2.45) is 0 Å². The van der Waals surface area contributed by atoms with E-state index in [0.29, 0.717) is 0 Å². The molecule has 0 unspecified atom stereocenters. The molecule has 0 atom stereocenters. The van der Waals surface area contributed by atoms with Gasteiger partial charge in [-0.15, -0.1) is 0 Å². The third-order valence-corrected chi connectivity index (χ3v) is 28.8. The average Bonchev–Trinajstić information content (AvgIpc) is 3.77. The minimum absolute atomic E-state index is 0.0452. The Morgan fingerprint density at radius 1 is 0.580 bits per heavy atom. The SMILES string of the molecule is [CH2]=[Zr]([C]1=CC=CC1)([c]1cc(C(C)(C)C)cc2c1Cc1ccc(C(C)(C)C)cc1-2)([c]1ccc(Cl)c2ccccc12)[c]1ccc(Cl)c2ccccc12. The van der Waals surface area contributed by atoms with Crippen LogP contribution in [0.25, 0.3) is 32.7 Å². The van der Waals surface area contributed by atoms with Crippen LogP contribution in [0.5, 0.6) is 0 Å². The molecular weight excluding hydrogens is 727 g/mol. The van der Waals surface area contributed by atoms with Crippen molar-refractivity contribution in [2.45, 2.75) is 65.2 Å². The summed E-state index contributed by atoms with van der Waals surface area (Å²) in [4.78, 5) is 0. The molecule has 0 saturated carbocycles. The van der Waals surface area contributed by atoms with Gasteiger partial charge in [0.15, 0.2) is 0 Å². The number of hydrogen-bond acceptors (Lipinski definition) is 0. The summed E-state index contributed by atoms with van der Waals surface area (Å²) in [6.07, 6.45) is 8.72. The molecule has 250 valence electrons. The van der Waals surface area contributed by atoms with Crippen LogP contribution >= 0.6 is 23.2 Å². The summed E-state index contributed by atoms with van der Waals surface area (Å²) in [6.45, 7) is 14.0. The Hall–Kier alpha value is -3.35. The zero-order valence-electron chi connectivity index (χ0n) is 29.9. The van der Waals surface area contributed by atoms with Gasteiger partial charge in [-0.1, -0.05) is 0 Å². The molecule has 8 rings (SSSR count). The second-order valence-corrected chi connectivity index (χ2v) is 30.2. The van der Waals surface area contributed by atoms with Crippen LogP contribution in [0.3, 0.4) is 0 Å². The first-order valence-corrected chi connectivity index (χ1v) is 25.2. The fourth-order valence-corrected chi connectivity index (χ4v) is 26.2. The predicted molar refractivity (Wildman–Crippen MR) is 218 cm³/mol. The Morgan fingerprint density at radius 3 is 1.64 bits per heavy atom. The van der Waals surface area contributed by atoms with Crippen LogP contribution in [0, 0.1) is 0 Å². The van der Waals surface area contributed by atoms with E-state index in [4.69, 9.17) is 27.4 Å². The van der Waals surface area contributed by atoms with Crippen molar-refractivity contribution in [3.8, 4) is 11.1 Å². The van der Waals surface area contributed by atoms with Crippen molar-refractivity contribution in [3.63, 3.8) is 0 Å². The molecule has 0 aliphatic heterocycles. The van der Waals surface area contributed by atoms with Crippen LogP contribution in [0.4, 0.5) is 0 Å². The Bertz CT molecular complexity index is 2440. The summed E-state index contributed by atoms with van der Waals surface area (Å²) in [6, 6.07) is 38.6. The number of benzene rings is 6. The first-order chi connectivity index (χ1) is 23.7. The molecule has 0 radical (unpaired) electrons. The summed E-state index contributed by atoms with van der Waals surface area (Å²) in [5, 5.41) is 6.05. The zero-order valence-corrected chi connectivity index (χ0v) is 33.9. The summed E-state index contributed by atoms with van der Waals surface area (Å²) in [5.41, 5.74) is 8.20. The Labute approximate surface area is 308 Å². The van der Waals surface area contributed by atoms with Gasteiger partial charge in [0.05, 0.1) is 0 Å². The van der Waals surface area contributed by atoms with Crippen LogP contribution in [0.1, 0.15) is 70.2 Å². The van der Waals surface area contributed by atoms with Crippen molar-refractivity contribution in [1.82, 2.24) is 0 Å². The number of rotatable bonds is 4. The van der Waals surface area contributed by atoms with E-state index in [1.165, 1.54) is 57.2 Å². The van der Waals surface area contributed by atoms with E-state index in [9.17, 15) is 0 Å². The van der Waals surface area contributed by atoms with Gasteiger partial charge in [-0.25, -0.2) is 0 Å². The Balaban J connectivity index is 1.65.